The molecule has 1 amide bonds. The van der Waals surface area contributed by atoms with E-state index in [1.807, 2.05) is 0 Å². The van der Waals surface area contributed by atoms with Crippen molar-refractivity contribution in [2.45, 2.75) is 19.3 Å². The minimum atomic E-state index is -0.817. The van der Waals surface area contributed by atoms with Crippen LogP contribution >= 0.6 is 0 Å². The van der Waals surface area contributed by atoms with Gasteiger partial charge in [-0.3, -0.25) is 14.4 Å². The van der Waals surface area contributed by atoms with E-state index in [9.17, 15) is 14.4 Å². The summed E-state index contributed by atoms with van der Waals surface area (Å²) in [5, 5.41) is 0. The van der Waals surface area contributed by atoms with Gasteiger partial charge in [0.05, 0.1) is 7.11 Å². The van der Waals surface area contributed by atoms with Gasteiger partial charge in [-0.05, 0) is 12.8 Å². The second-order valence-electron chi connectivity index (χ2n) is 4.96. The summed E-state index contributed by atoms with van der Waals surface area (Å²) in [7, 11) is 1.26. The first-order chi connectivity index (χ1) is 9.13. The Bertz CT molecular complexity index is 367. The fraction of sp³-hybridized carbons (Fsp3) is 0.769. The summed E-state index contributed by atoms with van der Waals surface area (Å²) in [6, 6.07) is 0. The summed E-state index contributed by atoms with van der Waals surface area (Å²) >= 11 is 0. The first kappa shape index (κ1) is 14.0. The lowest BCUT2D eigenvalue weighted by atomic mass is 9.93. The molecule has 0 aromatic carbocycles. The molecule has 0 aromatic rings. The molecule has 2 fully saturated rings. The van der Waals surface area contributed by atoms with Crippen molar-refractivity contribution < 1.29 is 23.9 Å². The Labute approximate surface area is 112 Å². The quantitative estimate of drug-likeness (QED) is 0.521. The number of Topliss-reactive ketones (excluding diaryl/α,β-unsaturated/α-hetero) is 1. The highest BCUT2D eigenvalue weighted by Crippen LogP contribution is 2.22. The van der Waals surface area contributed by atoms with Crippen LogP contribution in [-0.4, -0.2) is 56.0 Å². The minimum absolute atomic E-state index is 0.0321. The molecule has 2 aliphatic heterocycles. The number of ketones is 1. The van der Waals surface area contributed by atoms with Gasteiger partial charge in [-0.15, -0.1) is 0 Å². The monoisotopic (exact) mass is 269 g/mol. The van der Waals surface area contributed by atoms with Gasteiger partial charge in [0.25, 0.3) is 0 Å². The predicted octanol–water partition coefficient (Wildman–Crippen LogP) is 0.00360. The molecular weight excluding hydrogens is 250 g/mol. The molecule has 0 saturated carbocycles. The van der Waals surface area contributed by atoms with E-state index >= 15 is 0 Å². The zero-order valence-electron chi connectivity index (χ0n) is 11.1. The summed E-state index contributed by atoms with van der Waals surface area (Å²) in [5.41, 5.74) is 0. The van der Waals surface area contributed by atoms with Gasteiger partial charge >= 0.3 is 5.97 Å². The van der Waals surface area contributed by atoms with Gasteiger partial charge in [-0.1, -0.05) is 0 Å². The lowest BCUT2D eigenvalue weighted by Gasteiger charge is -2.34. The largest absolute Gasteiger partial charge is 0.468 e. The van der Waals surface area contributed by atoms with E-state index in [4.69, 9.17) is 4.74 Å². The lowest BCUT2D eigenvalue weighted by molar-refractivity contribution is -0.154. The van der Waals surface area contributed by atoms with Gasteiger partial charge in [0.1, 0.15) is 5.92 Å². The van der Waals surface area contributed by atoms with Crippen molar-refractivity contribution in [3.8, 4) is 0 Å². The highest BCUT2D eigenvalue weighted by atomic mass is 16.5. The van der Waals surface area contributed by atoms with Crippen molar-refractivity contribution in [1.82, 2.24) is 4.90 Å². The Kier molecular flexibility index (Phi) is 4.52. The molecule has 2 saturated heterocycles. The van der Waals surface area contributed by atoms with E-state index in [1.54, 1.807) is 4.90 Å². The molecule has 2 heterocycles. The van der Waals surface area contributed by atoms with E-state index in [0.717, 1.165) is 0 Å². The van der Waals surface area contributed by atoms with Gasteiger partial charge in [0.2, 0.25) is 5.91 Å². The van der Waals surface area contributed by atoms with E-state index in [2.05, 4.69) is 4.74 Å². The van der Waals surface area contributed by atoms with E-state index in [1.165, 1.54) is 7.11 Å². The number of amides is 1. The van der Waals surface area contributed by atoms with Gasteiger partial charge < -0.3 is 14.4 Å². The SMILES string of the molecule is COC(=O)C1CN(C(=O)C2CCOCC2)CCC1=O. The van der Waals surface area contributed by atoms with Crippen LogP contribution in [-0.2, 0) is 23.9 Å². The summed E-state index contributed by atoms with van der Waals surface area (Å²) in [6.45, 7) is 1.76. The van der Waals surface area contributed by atoms with Crippen LogP contribution in [0, 0.1) is 11.8 Å². The molecule has 6 heteroatoms. The third kappa shape index (κ3) is 3.12. The number of hydrogen-bond donors (Lipinski definition) is 0. The smallest absolute Gasteiger partial charge is 0.318 e. The molecule has 0 radical (unpaired) electrons. The minimum Gasteiger partial charge on any atom is -0.468 e. The van der Waals surface area contributed by atoms with E-state index in [0.29, 0.717) is 32.6 Å². The predicted molar refractivity (Wildman–Crippen MR) is 65.3 cm³/mol. The molecule has 0 bridgehead atoms. The maximum Gasteiger partial charge on any atom is 0.318 e. The van der Waals surface area contributed by atoms with Crippen molar-refractivity contribution in [3.63, 3.8) is 0 Å². The summed E-state index contributed by atoms with van der Waals surface area (Å²) in [6.07, 6.45) is 1.66. The Hall–Kier alpha value is -1.43. The summed E-state index contributed by atoms with van der Waals surface area (Å²) in [5.74, 6) is -1.51. The van der Waals surface area contributed by atoms with Crippen molar-refractivity contribution in [2.24, 2.45) is 11.8 Å². The highest BCUT2D eigenvalue weighted by molar-refractivity contribution is 6.00. The fourth-order valence-corrected chi connectivity index (χ4v) is 2.58. The maximum atomic E-state index is 12.3. The molecule has 1 unspecified atom stereocenters. The summed E-state index contributed by atoms with van der Waals surface area (Å²) < 4.78 is 9.85. The zero-order valence-corrected chi connectivity index (χ0v) is 11.1. The molecule has 0 spiro atoms. The van der Waals surface area contributed by atoms with Crippen LogP contribution in [0.5, 0.6) is 0 Å². The number of carbonyl (C=O) groups excluding carboxylic acids is 3. The van der Waals surface area contributed by atoms with Crippen LogP contribution in [0.4, 0.5) is 0 Å². The average molecular weight is 269 g/mol. The van der Waals surface area contributed by atoms with Gasteiger partial charge in [0, 0.05) is 38.6 Å². The third-order valence-electron chi connectivity index (χ3n) is 3.79. The highest BCUT2D eigenvalue weighted by Gasteiger charge is 2.37. The Balaban J connectivity index is 1.98. The first-order valence-corrected chi connectivity index (χ1v) is 6.60. The number of nitrogens with zero attached hydrogens (tertiary/aromatic N) is 1. The topological polar surface area (TPSA) is 72.9 Å². The molecule has 0 N–H and O–H groups in total. The zero-order chi connectivity index (χ0) is 13.8. The number of ether oxygens (including phenoxy) is 2. The van der Waals surface area contributed by atoms with Gasteiger partial charge in [0.15, 0.2) is 5.78 Å². The number of piperidine rings is 1. The standard InChI is InChI=1S/C13H19NO5/c1-18-13(17)10-8-14(5-2-11(10)15)12(16)9-3-6-19-7-4-9/h9-10H,2-8H2,1H3. The van der Waals surface area contributed by atoms with Crippen molar-refractivity contribution >= 4 is 17.7 Å². The molecule has 2 rings (SSSR count). The number of carbonyl (C=O) groups is 3. The van der Waals surface area contributed by atoms with E-state index in [-0.39, 0.29) is 30.6 Å². The van der Waals surface area contributed by atoms with Crippen LogP contribution < -0.4 is 0 Å². The van der Waals surface area contributed by atoms with Crippen molar-refractivity contribution in [2.75, 3.05) is 33.4 Å². The Morgan fingerprint density at radius 3 is 2.63 bits per heavy atom. The molecule has 106 valence electrons. The molecular formula is C13H19NO5. The molecule has 0 aliphatic carbocycles. The van der Waals surface area contributed by atoms with Crippen LogP contribution in [0.2, 0.25) is 0 Å². The van der Waals surface area contributed by atoms with Crippen LogP contribution in [0.25, 0.3) is 0 Å². The second-order valence-corrected chi connectivity index (χ2v) is 4.96. The normalized spacial score (nSPS) is 25.2. The van der Waals surface area contributed by atoms with Gasteiger partial charge in [-0.25, -0.2) is 0 Å². The first-order valence-electron chi connectivity index (χ1n) is 6.60. The number of likely N-dealkylation sites (tertiary alicyclic amines) is 1. The third-order valence-corrected chi connectivity index (χ3v) is 3.79. The lowest BCUT2D eigenvalue weighted by Crippen LogP contribution is -2.49. The maximum absolute atomic E-state index is 12.3. The molecule has 6 nitrogen and oxygen atoms in total. The average Bonchev–Trinajstić information content (AvgIpc) is 2.47. The second kappa shape index (κ2) is 6.14. The number of esters is 1. The van der Waals surface area contributed by atoms with Crippen LogP contribution in [0.3, 0.4) is 0 Å². The van der Waals surface area contributed by atoms with E-state index < -0.39 is 11.9 Å². The number of hydrogen-bond acceptors (Lipinski definition) is 5. The number of methoxy groups -OCH3 is 1. The number of rotatable bonds is 2. The molecule has 0 aromatic heterocycles. The molecule has 2 aliphatic rings. The molecule has 1 atom stereocenters. The van der Waals surface area contributed by atoms with Gasteiger partial charge in [-0.2, -0.15) is 0 Å². The van der Waals surface area contributed by atoms with Crippen LogP contribution in [0.1, 0.15) is 19.3 Å². The fourth-order valence-electron chi connectivity index (χ4n) is 2.58. The molecule has 19 heavy (non-hydrogen) atoms. The van der Waals surface area contributed by atoms with Crippen molar-refractivity contribution in [1.29, 1.82) is 0 Å². The Morgan fingerprint density at radius 1 is 1.32 bits per heavy atom. The van der Waals surface area contributed by atoms with Crippen LogP contribution in [0.15, 0.2) is 0 Å². The van der Waals surface area contributed by atoms with Crippen molar-refractivity contribution in [3.05, 3.63) is 0 Å². The Morgan fingerprint density at radius 2 is 2.00 bits per heavy atom. The summed E-state index contributed by atoms with van der Waals surface area (Å²) in [4.78, 5) is 37.1.